The molecule has 0 radical (unpaired) electrons. The molecule has 0 saturated carbocycles. The largest absolute Gasteiger partial charge is 0.411 e. The van der Waals surface area contributed by atoms with E-state index < -0.39 is 0 Å². The minimum absolute atomic E-state index is 0.500. The summed E-state index contributed by atoms with van der Waals surface area (Å²) in [5.74, 6) is 5.97. The predicted octanol–water partition coefficient (Wildman–Crippen LogP) is 1.77. The van der Waals surface area contributed by atoms with Gasteiger partial charge in [-0.2, -0.15) is 5.90 Å². The molecule has 1 heterocycles. The Kier molecular flexibility index (Phi) is 5.45. The molecule has 2 rings (SSSR count). The van der Waals surface area contributed by atoms with Gasteiger partial charge in [-0.3, -0.25) is 4.39 Å². The van der Waals surface area contributed by atoms with Crippen molar-refractivity contribution in [3.8, 4) is 5.75 Å². The van der Waals surface area contributed by atoms with E-state index in [0.717, 1.165) is 29.6 Å². The lowest BCUT2D eigenvalue weighted by Gasteiger charge is -2.03. The Hall–Kier alpha value is -1.59. The van der Waals surface area contributed by atoms with Crippen molar-refractivity contribution < 1.29 is 9.23 Å². The van der Waals surface area contributed by atoms with Crippen LogP contribution < -0.4 is 16.1 Å². The van der Waals surface area contributed by atoms with Crippen LogP contribution in [0, 0.1) is 0 Å². The lowest BCUT2D eigenvalue weighted by Crippen LogP contribution is -2.10. The second-order valence-electron chi connectivity index (χ2n) is 3.46. The van der Waals surface area contributed by atoms with Gasteiger partial charge in [-0.05, 0) is 37.7 Å². The van der Waals surface area contributed by atoms with E-state index in [0.29, 0.717) is 7.18 Å². The summed E-state index contributed by atoms with van der Waals surface area (Å²) in [6.45, 7) is 0.936. The maximum atomic E-state index is 9.50. The van der Waals surface area contributed by atoms with E-state index >= 15 is 0 Å². The molecule has 94 valence electrons. The number of likely N-dealkylation sites (N-methyl/N-ethyl adjacent to an activating group) is 1. The molecule has 1 aromatic carbocycles. The van der Waals surface area contributed by atoms with Gasteiger partial charge >= 0.3 is 0 Å². The Morgan fingerprint density at radius 1 is 1.41 bits per heavy atom. The SMILES string of the molecule is CF.CNCCc1c[nH]c2cccc(ON)c12. The fourth-order valence-electron chi connectivity index (χ4n) is 1.77. The molecule has 17 heavy (non-hydrogen) atoms. The maximum Gasteiger partial charge on any atom is 0.156 e. The fourth-order valence-corrected chi connectivity index (χ4v) is 1.77. The zero-order chi connectivity index (χ0) is 12.7. The number of fused-ring (bicyclic) bond motifs is 1. The fraction of sp³-hybridized carbons (Fsp3) is 0.333. The number of benzene rings is 1. The third-order valence-corrected chi connectivity index (χ3v) is 2.52. The molecule has 0 saturated heterocycles. The van der Waals surface area contributed by atoms with Crippen LogP contribution in [0.25, 0.3) is 10.9 Å². The van der Waals surface area contributed by atoms with E-state index in [1.54, 1.807) is 0 Å². The van der Waals surface area contributed by atoms with E-state index in [1.165, 1.54) is 5.56 Å². The first-order valence-corrected chi connectivity index (χ1v) is 5.35. The molecule has 4 N–H and O–H groups in total. The van der Waals surface area contributed by atoms with Crippen molar-refractivity contribution in [2.75, 3.05) is 20.8 Å². The summed E-state index contributed by atoms with van der Waals surface area (Å²) in [6.07, 6.45) is 2.96. The average Bonchev–Trinajstić information content (AvgIpc) is 2.82. The zero-order valence-electron chi connectivity index (χ0n) is 10.1. The van der Waals surface area contributed by atoms with Crippen LogP contribution in [-0.2, 0) is 6.42 Å². The van der Waals surface area contributed by atoms with Gasteiger partial charge < -0.3 is 15.1 Å². The van der Waals surface area contributed by atoms with Crippen LogP contribution >= 0.6 is 0 Å². The van der Waals surface area contributed by atoms with Crippen LogP contribution in [0.3, 0.4) is 0 Å². The molecule has 0 unspecified atom stereocenters. The summed E-state index contributed by atoms with van der Waals surface area (Å²) < 4.78 is 9.50. The Labute approximate surface area is 99.9 Å². The van der Waals surface area contributed by atoms with Crippen molar-refractivity contribution >= 4 is 10.9 Å². The molecule has 1 aromatic heterocycles. The second kappa shape index (κ2) is 6.88. The molecule has 0 aliphatic carbocycles. The van der Waals surface area contributed by atoms with Crippen molar-refractivity contribution in [3.05, 3.63) is 30.0 Å². The number of halogens is 1. The van der Waals surface area contributed by atoms with Crippen LogP contribution in [-0.4, -0.2) is 25.8 Å². The summed E-state index contributed by atoms with van der Waals surface area (Å²) >= 11 is 0. The lowest BCUT2D eigenvalue weighted by atomic mass is 10.1. The van der Waals surface area contributed by atoms with Gasteiger partial charge in [-0.25, -0.2) is 0 Å². The number of alkyl halides is 1. The van der Waals surface area contributed by atoms with Gasteiger partial charge in [-0.15, -0.1) is 0 Å². The van der Waals surface area contributed by atoms with Crippen LogP contribution in [0.5, 0.6) is 5.75 Å². The molecular formula is C12H18FN3O. The number of aromatic nitrogens is 1. The number of nitrogens with two attached hydrogens (primary N) is 1. The minimum atomic E-state index is 0.500. The summed E-state index contributed by atoms with van der Waals surface area (Å²) in [5, 5.41) is 4.20. The van der Waals surface area contributed by atoms with E-state index in [4.69, 9.17) is 10.7 Å². The number of hydrogen-bond donors (Lipinski definition) is 3. The molecule has 0 spiro atoms. The monoisotopic (exact) mass is 239 g/mol. The first-order chi connectivity index (χ1) is 8.36. The molecule has 0 atom stereocenters. The highest BCUT2D eigenvalue weighted by Gasteiger charge is 2.08. The van der Waals surface area contributed by atoms with E-state index in [2.05, 4.69) is 10.3 Å². The van der Waals surface area contributed by atoms with Crippen molar-refractivity contribution in [2.45, 2.75) is 6.42 Å². The number of hydrogen-bond acceptors (Lipinski definition) is 3. The van der Waals surface area contributed by atoms with E-state index in [9.17, 15) is 4.39 Å². The zero-order valence-corrected chi connectivity index (χ0v) is 10.1. The first-order valence-electron chi connectivity index (χ1n) is 5.35. The van der Waals surface area contributed by atoms with Crippen molar-refractivity contribution in [1.82, 2.24) is 10.3 Å². The van der Waals surface area contributed by atoms with Gasteiger partial charge in [0.15, 0.2) is 5.75 Å². The number of aromatic amines is 1. The molecule has 0 amide bonds. The molecule has 0 aliphatic rings. The summed E-state index contributed by atoms with van der Waals surface area (Å²) in [5.41, 5.74) is 2.28. The molecule has 0 bridgehead atoms. The molecule has 0 aliphatic heterocycles. The summed E-state index contributed by atoms with van der Waals surface area (Å²) in [6, 6.07) is 5.81. The van der Waals surface area contributed by atoms with Crippen molar-refractivity contribution in [2.24, 2.45) is 5.90 Å². The van der Waals surface area contributed by atoms with Crippen molar-refractivity contribution in [1.29, 1.82) is 0 Å². The van der Waals surface area contributed by atoms with Crippen LogP contribution in [0.15, 0.2) is 24.4 Å². The van der Waals surface area contributed by atoms with E-state index in [-0.39, 0.29) is 0 Å². The van der Waals surface area contributed by atoms with Gasteiger partial charge in [0, 0.05) is 17.1 Å². The smallest absolute Gasteiger partial charge is 0.156 e. The third kappa shape index (κ3) is 2.95. The Morgan fingerprint density at radius 3 is 2.82 bits per heavy atom. The van der Waals surface area contributed by atoms with Gasteiger partial charge in [-0.1, -0.05) is 6.07 Å². The molecule has 0 fully saturated rings. The molecule has 4 nitrogen and oxygen atoms in total. The Morgan fingerprint density at radius 2 is 2.18 bits per heavy atom. The third-order valence-electron chi connectivity index (χ3n) is 2.52. The summed E-state index contributed by atoms with van der Waals surface area (Å²) in [7, 11) is 2.44. The molecule has 2 aromatic rings. The number of rotatable bonds is 4. The van der Waals surface area contributed by atoms with E-state index in [1.807, 2.05) is 31.4 Å². The molecular weight excluding hydrogens is 221 g/mol. The predicted molar refractivity (Wildman–Crippen MR) is 67.8 cm³/mol. The van der Waals surface area contributed by atoms with Gasteiger partial charge in [0.05, 0.1) is 7.18 Å². The Bertz CT molecular complexity index is 456. The quantitative estimate of drug-likeness (QED) is 0.712. The highest BCUT2D eigenvalue weighted by Crippen LogP contribution is 2.28. The standard InChI is InChI=1S/C11H15N3O.CH3F/c1-13-6-5-8-7-14-9-3-2-4-10(15-12)11(8)9;1-2/h2-4,7,13-14H,5-6,12H2,1H3;1H3. The van der Waals surface area contributed by atoms with Crippen LogP contribution in [0.4, 0.5) is 4.39 Å². The van der Waals surface area contributed by atoms with Gasteiger partial charge in [0.2, 0.25) is 0 Å². The van der Waals surface area contributed by atoms with Crippen molar-refractivity contribution in [3.63, 3.8) is 0 Å². The van der Waals surface area contributed by atoms with Gasteiger partial charge in [0.1, 0.15) is 0 Å². The lowest BCUT2D eigenvalue weighted by molar-refractivity contribution is 0.338. The molecule has 5 heteroatoms. The first kappa shape index (κ1) is 13.5. The van der Waals surface area contributed by atoms with Crippen LogP contribution in [0.2, 0.25) is 0 Å². The van der Waals surface area contributed by atoms with Crippen LogP contribution in [0.1, 0.15) is 5.56 Å². The summed E-state index contributed by atoms with van der Waals surface area (Å²) in [4.78, 5) is 8.07. The number of nitrogens with one attached hydrogen (secondary N) is 2. The maximum absolute atomic E-state index is 9.50. The Balaban J connectivity index is 0.000000686. The topological polar surface area (TPSA) is 63.1 Å². The highest BCUT2D eigenvalue weighted by molar-refractivity contribution is 5.89. The highest BCUT2D eigenvalue weighted by atomic mass is 19.1. The number of H-pyrrole nitrogens is 1. The average molecular weight is 239 g/mol. The van der Waals surface area contributed by atoms with Gasteiger partial charge in [0.25, 0.3) is 0 Å². The second-order valence-corrected chi connectivity index (χ2v) is 3.46. The minimum Gasteiger partial charge on any atom is -0.411 e. The normalized spacial score (nSPS) is 9.88.